The smallest absolute Gasteiger partial charge is 0.343 e. The van der Waals surface area contributed by atoms with E-state index in [9.17, 15) is 4.79 Å². The number of hydrogen-bond acceptors (Lipinski definition) is 3. The molecule has 0 bridgehead atoms. The fourth-order valence-electron chi connectivity index (χ4n) is 2.34. The summed E-state index contributed by atoms with van der Waals surface area (Å²) in [6, 6.07) is 15.4. The lowest BCUT2D eigenvalue weighted by Crippen LogP contribution is -1.97. The summed E-state index contributed by atoms with van der Waals surface area (Å²) in [6.07, 6.45) is 5.28. The molecule has 0 aliphatic carbocycles. The number of esters is 1. The highest BCUT2D eigenvalue weighted by Crippen LogP contribution is 2.27. The van der Waals surface area contributed by atoms with Gasteiger partial charge in [0.2, 0.25) is 0 Å². The molecule has 3 rings (SSSR count). The molecule has 0 unspecified atom stereocenters. The summed E-state index contributed by atoms with van der Waals surface area (Å²) >= 11 is 0. The summed E-state index contributed by atoms with van der Waals surface area (Å²) in [5, 5.41) is 0. The maximum Gasteiger partial charge on any atom is 0.343 e. The lowest BCUT2D eigenvalue weighted by Gasteiger charge is -2.03. The Labute approximate surface area is 141 Å². The Morgan fingerprint density at radius 2 is 1.79 bits per heavy atom. The standard InChI is InChI=1S/C21H18O3/c1-3-12-23-19-10-6-16(7-11-19)13-18-14-20(24-21(18)22)17-8-4-15(2)5-9-17/h3-11,13-14H,1,12H2,2H3. The first-order valence-corrected chi connectivity index (χ1v) is 7.72. The molecule has 0 amide bonds. The van der Waals surface area contributed by atoms with Crippen LogP contribution in [-0.2, 0) is 9.53 Å². The van der Waals surface area contributed by atoms with Crippen LogP contribution < -0.4 is 4.74 Å². The SMILES string of the molecule is C=CCOc1ccc(C=C2C=C(c3ccc(C)cc3)OC2=O)cc1. The zero-order valence-electron chi connectivity index (χ0n) is 13.5. The van der Waals surface area contributed by atoms with Gasteiger partial charge < -0.3 is 9.47 Å². The van der Waals surface area contributed by atoms with E-state index in [2.05, 4.69) is 6.58 Å². The van der Waals surface area contributed by atoms with Gasteiger partial charge in [-0.15, -0.1) is 0 Å². The van der Waals surface area contributed by atoms with Crippen LogP contribution >= 0.6 is 0 Å². The van der Waals surface area contributed by atoms with E-state index in [1.807, 2.05) is 55.5 Å². The number of carbonyl (C=O) groups is 1. The first-order valence-electron chi connectivity index (χ1n) is 7.72. The molecule has 0 N–H and O–H groups in total. The quantitative estimate of drug-likeness (QED) is 0.461. The number of ether oxygens (including phenoxy) is 2. The fourth-order valence-corrected chi connectivity index (χ4v) is 2.34. The summed E-state index contributed by atoms with van der Waals surface area (Å²) < 4.78 is 10.8. The summed E-state index contributed by atoms with van der Waals surface area (Å²) in [4.78, 5) is 12.1. The first kappa shape index (κ1) is 15.8. The topological polar surface area (TPSA) is 35.5 Å². The highest BCUT2D eigenvalue weighted by molar-refractivity contribution is 6.05. The third kappa shape index (κ3) is 3.63. The van der Waals surface area contributed by atoms with E-state index in [0.29, 0.717) is 17.9 Å². The van der Waals surface area contributed by atoms with Crippen LogP contribution in [0.3, 0.4) is 0 Å². The molecule has 3 heteroatoms. The fraction of sp³-hybridized carbons (Fsp3) is 0.0952. The normalized spacial score (nSPS) is 15.1. The third-order valence-electron chi connectivity index (χ3n) is 3.63. The molecule has 1 aliphatic heterocycles. The number of carbonyl (C=O) groups excluding carboxylic acids is 1. The predicted molar refractivity (Wildman–Crippen MR) is 95.4 cm³/mol. The van der Waals surface area contributed by atoms with Crippen LogP contribution in [0.4, 0.5) is 0 Å². The molecule has 3 nitrogen and oxygen atoms in total. The Morgan fingerprint density at radius 1 is 1.08 bits per heavy atom. The van der Waals surface area contributed by atoms with Gasteiger partial charge in [-0.3, -0.25) is 0 Å². The summed E-state index contributed by atoms with van der Waals surface area (Å²) in [5.74, 6) is 1.01. The van der Waals surface area contributed by atoms with E-state index >= 15 is 0 Å². The van der Waals surface area contributed by atoms with E-state index in [0.717, 1.165) is 16.9 Å². The van der Waals surface area contributed by atoms with Crippen molar-refractivity contribution in [2.75, 3.05) is 6.61 Å². The maximum absolute atomic E-state index is 12.1. The Morgan fingerprint density at radius 3 is 2.46 bits per heavy atom. The van der Waals surface area contributed by atoms with E-state index in [4.69, 9.17) is 9.47 Å². The highest BCUT2D eigenvalue weighted by Gasteiger charge is 2.21. The molecular formula is C21H18O3. The van der Waals surface area contributed by atoms with E-state index in [1.165, 1.54) is 5.56 Å². The Hall–Kier alpha value is -3.07. The van der Waals surface area contributed by atoms with Gasteiger partial charge in [0.1, 0.15) is 18.1 Å². The van der Waals surface area contributed by atoms with E-state index in [1.54, 1.807) is 18.2 Å². The zero-order valence-corrected chi connectivity index (χ0v) is 13.5. The summed E-state index contributed by atoms with van der Waals surface area (Å²) in [6.45, 7) is 6.10. The number of cyclic esters (lactones) is 1. The summed E-state index contributed by atoms with van der Waals surface area (Å²) in [7, 11) is 0. The molecule has 0 aromatic heterocycles. The Balaban J connectivity index is 1.80. The van der Waals surface area contributed by atoms with Gasteiger partial charge >= 0.3 is 5.97 Å². The molecule has 1 heterocycles. The molecule has 24 heavy (non-hydrogen) atoms. The molecule has 2 aromatic rings. The van der Waals surface area contributed by atoms with E-state index < -0.39 is 0 Å². The van der Waals surface area contributed by atoms with Crippen molar-refractivity contribution in [3.63, 3.8) is 0 Å². The zero-order chi connectivity index (χ0) is 16.9. The van der Waals surface area contributed by atoms with Gasteiger partial charge in [0.15, 0.2) is 0 Å². The minimum Gasteiger partial charge on any atom is -0.490 e. The van der Waals surface area contributed by atoms with Gasteiger partial charge in [-0.1, -0.05) is 54.6 Å². The van der Waals surface area contributed by atoms with Crippen LogP contribution in [0.1, 0.15) is 16.7 Å². The molecule has 1 aliphatic rings. The molecule has 0 saturated carbocycles. The van der Waals surface area contributed by atoms with Crippen LogP contribution in [-0.4, -0.2) is 12.6 Å². The van der Waals surface area contributed by atoms with Gasteiger partial charge in [-0.25, -0.2) is 4.79 Å². The number of benzene rings is 2. The Kier molecular flexibility index (Phi) is 4.62. The van der Waals surface area contributed by atoms with Gasteiger partial charge in [0.05, 0.1) is 5.57 Å². The van der Waals surface area contributed by atoms with Crippen LogP contribution in [0, 0.1) is 6.92 Å². The van der Waals surface area contributed by atoms with Crippen molar-refractivity contribution < 1.29 is 14.3 Å². The molecule has 0 saturated heterocycles. The van der Waals surface area contributed by atoms with E-state index in [-0.39, 0.29) is 5.97 Å². The minimum atomic E-state index is -0.336. The molecule has 0 atom stereocenters. The van der Waals surface area contributed by atoms with Gasteiger partial charge in [0.25, 0.3) is 0 Å². The van der Waals surface area contributed by atoms with Crippen LogP contribution in [0.2, 0.25) is 0 Å². The highest BCUT2D eigenvalue weighted by atomic mass is 16.5. The molecule has 0 fully saturated rings. The van der Waals surface area contributed by atoms with Gasteiger partial charge in [-0.2, -0.15) is 0 Å². The van der Waals surface area contributed by atoms with Crippen LogP contribution in [0.25, 0.3) is 11.8 Å². The van der Waals surface area contributed by atoms with Crippen molar-refractivity contribution >= 4 is 17.8 Å². The van der Waals surface area contributed by atoms with Crippen LogP contribution in [0.15, 0.2) is 72.8 Å². The number of hydrogen-bond donors (Lipinski definition) is 0. The largest absolute Gasteiger partial charge is 0.490 e. The molecule has 2 aromatic carbocycles. The van der Waals surface area contributed by atoms with Gasteiger partial charge in [-0.05, 0) is 36.8 Å². The lowest BCUT2D eigenvalue weighted by molar-refractivity contribution is -0.130. The van der Waals surface area contributed by atoms with Crippen molar-refractivity contribution in [1.29, 1.82) is 0 Å². The molecule has 0 radical (unpaired) electrons. The molecule has 120 valence electrons. The van der Waals surface area contributed by atoms with Crippen molar-refractivity contribution in [1.82, 2.24) is 0 Å². The monoisotopic (exact) mass is 318 g/mol. The Bertz CT molecular complexity index is 809. The number of rotatable bonds is 5. The second-order valence-electron chi connectivity index (χ2n) is 5.53. The first-order chi connectivity index (χ1) is 11.7. The second-order valence-corrected chi connectivity index (χ2v) is 5.53. The van der Waals surface area contributed by atoms with Crippen LogP contribution in [0.5, 0.6) is 5.75 Å². The summed E-state index contributed by atoms with van der Waals surface area (Å²) in [5.41, 5.74) is 3.50. The van der Waals surface area contributed by atoms with Crippen molar-refractivity contribution in [2.45, 2.75) is 6.92 Å². The molecule has 0 spiro atoms. The number of aryl methyl sites for hydroxylation is 1. The average Bonchev–Trinajstić information content (AvgIpc) is 2.95. The minimum absolute atomic E-state index is 0.336. The predicted octanol–water partition coefficient (Wildman–Crippen LogP) is 4.54. The van der Waals surface area contributed by atoms with Crippen molar-refractivity contribution in [3.8, 4) is 5.75 Å². The lowest BCUT2D eigenvalue weighted by atomic mass is 10.1. The molecular weight excluding hydrogens is 300 g/mol. The average molecular weight is 318 g/mol. The third-order valence-corrected chi connectivity index (χ3v) is 3.63. The van der Waals surface area contributed by atoms with Gasteiger partial charge in [0, 0.05) is 5.56 Å². The maximum atomic E-state index is 12.1. The van der Waals surface area contributed by atoms with Crippen molar-refractivity contribution in [3.05, 3.63) is 89.5 Å². The van der Waals surface area contributed by atoms with Crippen molar-refractivity contribution in [2.24, 2.45) is 0 Å². The second kappa shape index (κ2) is 7.01.